The van der Waals surface area contributed by atoms with Crippen molar-refractivity contribution in [3.05, 3.63) is 70.5 Å². The van der Waals surface area contributed by atoms with Crippen LogP contribution in [0.5, 0.6) is 0 Å². The van der Waals surface area contributed by atoms with Crippen LogP contribution in [0.25, 0.3) is 21.9 Å². The number of hydrogen-bond acceptors (Lipinski definition) is 0. The summed E-state index contributed by atoms with van der Waals surface area (Å²) < 4.78 is 13.8. The van der Waals surface area contributed by atoms with E-state index in [1.165, 1.54) is 6.07 Å². The van der Waals surface area contributed by atoms with E-state index in [0.29, 0.717) is 15.4 Å². The number of fused-ring (bicyclic) bond motifs is 1. The molecule has 0 aliphatic heterocycles. The van der Waals surface area contributed by atoms with Crippen molar-refractivity contribution >= 4 is 34.0 Å². The van der Waals surface area contributed by atoms with Gasteiger partial charge in [-0.05, 0) is 34.7 Å². The molecule has 0 radical (unpaired) electrons. The van der Waals surface area contributed by atoms with E-state index in [2.05, 4.69) is 0 Å². The molecule has 0 aromatic heterocycles. The van der Waals surface area contributed by atoms with Crippen molar-refractivity contribution in [1.29, 1.82) is 0 Å². The van der Waals surface area contributed by atoms with Crippen LogP contribution < -0.4 is 0 Å². The van der Waals surface area contributed by atoms with E-state index >= 15 is 0 Å². The minimum atomic E-state index is -0.223. The Labute approximate surface area is 120 Å². The summed E-state index contributed by atoms with van der Waals surface area (Å²) in [6.07, 6.45) is 0. The zero-order valence-corrected chi connectivity index (χ0v) is 11.3. The first-order chi connectivity index (χ1) is 9.16. The lowest BCUT2D eigenvalue weighted by atomic mass is 9.98. The quantitative estimate of drug-likeness (QED) is 0.519. The maximum absolute atomic E-state index is 13.8. The van der Waals surface area contributed by atoms with Crippen LogP contribution in [0.1, 0.15) is 0 Å². The van der Waals surface area contributed by atoms with Gasteiger partial charge in [0.05, 0.1) is 10.0 Å². The molecule has 0 saturated carbocycles. The highest BCUT2D eigenvalue weighted by Gasteiger charge is 2.08. The van der Waals surface area contributed by atoms with Gasteiger partial charge in [0, 0.05) is 5.39 Å². The molecule has 0 amide bonds. The lowest BCUT2D eigenvalue weighted by molar-refractivity contribution is 0.640. The topological polar surface area (TPSA) is 0 Å². The molecule has 94 valence electrons. The summed E-state index contributed by atoms with van der Waals surface area (Å²) >= 11 is 12.0. The van der Waals surface area contributed by atoms with E-state index in [0.717, 1.165) is 16.5 Å². The predicted molar refractivity (Wildman–Crippen MR) is 79.4 cm³/mol. The Morgan fingerprint density at radius 3 is 2.21 bits per heavy atom. The first-order valence-electron chi connectivity index (χ1n) is 5.79. The van der Waals surface area contributed by atoms with Crippen LogP contribution >= 0.6 is 23.2 Å². The zero-order chi connectivity index (χ0) is 13.4. The molecule has 0 unspecified atom stereocenters. The highest BCUT2D eigenvalue weighted by atomic mass is 35.5. The Morgan fingerprint density at radius 1 is 0.737 bits per heavy atom. The highest BCUT2D eigenvalue weighted by molar-refractivity contribution is 6.42. The van der Waals surface area contributed by atoms with Gasteiger partial charge in [0.1, 0.15) is 5.82 Å². The maximum Gasteiger partial charge on any atom is 0.131 e. The SMILES string of the molecule is Fc1ccc(-c2ccc(Cl)c(Cl)c2)c2ccccc12. The minimum absolute atomic E-state index is 0.223. The third kappa shape index (κ3) is 2.20. The molecule has 0 aliphatic rings. The highest BCUT2D eigenvalue weighted by Crippen LogP contribution is 2.33. The fraction of sp³-hybridized carbons (Fsp3) is 0. The summed E-state index contributed by atoms with van der Waals surface area (Å²) in [5.41, 5.74) is 1.86. The van der Waals surface area contributed by atoms with Gasteiger partial charge >= 0.3 is 0 Å². The second-order valence-electron chi connectivity index (χ2n) is 4.27. The van der Waals surface area contributed by atoms with Gasteiger partial charge < -0.3 is 0 Å². The molecule has 0 N–H and O–H groups in total. The van der Waals surface area contributed by atoms with Gasteiger partial charge in [-0.15, -0.1) is 0 Å². The molecule has 0 aliphatic carbocycles. The Bertz CT molecular complexity index is 766. The Hall–Kier alpha value is -1.57. The average Bonchev–Trinajstić information content (AvgIpc) is 2.43. The van der Waals surface area contributed by atoms with E-state index in [1.807, 2.05) is 24.3 Å². The molecule has 0 saturated heterocycles. The Morgan fingerprint density at radius 2 is 1.47 bits per heavy atom. The third-order valence-electron chi connectivity index (χ3n) is 3.10. The van der Waals surface area contributed by atoms with E-state index in [1.54, 1.807) is 24.3 Å². The number of halogens is 3. The summed E-state index contributed by atoms with van der Waals surface area (Å²) in [4.78, 5) is 0. The average molecular weight is 291 g/mol. The smallest absolute Gasteiger partial charge is 0.131 e. The van der Waals surface area contributed by atoms with Gasteiger partial charge in [0.15, 0.2) is 0 Å². The fourth-order valence-electron chi connectivity index (χ4n) is 2.18. The number of hydrogen-bond donors (Lipinski definition) is 0. The van der Waals surface area contributed by atoms with Crippen molar-refractivity contribution in [3.63, 3.8) is 0 Å². The van der Waals surface area contributed by atoms with Crippen LogP contribution in [0, 0.1) is 5.82 Å². The second-order valence-corrected chi connectivity index (χ2v) is 5.08. The van der Waals surface area contributed by atoms with Crippen molar-refractivity contribution in [2.45, 2.75) is 0 Å². The molecular formula is C16H9Cl2F. The monoisotopic (exact) mass is 290 g/mol. The first kappa shape index (κ1) is 12.5. The predicted octanol–water partition coefficient (Wildman–Crippen LogP) is 5.95. The largest absolute Gasteiger partial charge is 0.206 e. The fourth-order valence-corrected chi connectivity index (χ4v) is 2.48. The van der Waals surface area contributed by atoms with E-state index < -0.39 is 0 Å². The van der Waals surface area contributed by atoms with Gasteiger partial charge in [-0.1, -0.05) is 59.6 Å². The third-order valence-corrected chi connectivity index (χ3v) is 3.84. The van der Waals surface area contributed by atoms with Gasteiger partial charge in [-0.2, -0.15) is 0 Å². The number of benzene rings is 3. The van der Waals surface area contributed by atoms with Gasteiger partial charge in [-0.25, -0.2) is 4.39 Å². The Kier molecular flexibility index (Phi) is 3.17. The Balaban J connectivity index is 2.31. The molecule has 0 nitrogen and oxygen atoms in total. The van der Waals surface area contributed by atoms with Crippen LogP contribution in [0.4, 0.5) is 4.39 Å². The lowest BCUT2D eigenvalue weighted by Gasteiger charge is -2.08. The molecule has 3 aromatic carbocycles. The molecule has 0 heterocycles. The van der Waals surface area contributed by atoms with Crippen LogP contribution in [0.2, 0.25) is 10.0 Å². The molecule has 0 atom stereocenters. The normalized spacial score (nSPS) is 10.9. The van der Waals surface area contributed by atoms with E-state index in [4.69, 9.17) is 23.2 Å². The molecule has 0 spiro atoms. The van der Waals surface area contributed by atoms with Gasteiger partial charge in [-0.3, -0.25) is 0 Å². The molecule has 0 bridgehead atoms. The van der Waals surface area contributed by atoms with E-state index in [9.17, 15) is 4.39 Å². The molecule has 3 rings (SSSR count). The maximum atomic E-state index is 13.8. The molecular weight excluding hydrogens is 282 g/mol. The molecule has 3 heteroatoms. The molecule has 19 heavy (non-hydrogen) atoms. The van der Waals surface area contributed by atoms with Crippen LogP contribution in [0.15, 0.2) is 54.6 Å². The minimum Gasteiger partial charge on any atom is -0.206 e. The van der Waals surface area contributed by atoms with Crippen molar-refractivity contribution < 1.29 is 4.39 Å². The summed E-state index contributed by atoms with van der Waals surface area (Å²) in [6.45, 7) is 0. The van der Waals surface area contributed by atoms with Gasteiger partial charge in [0.2, 0.25) is 0 Å². The molecule has 0 fully saturated rings. The summed E-state index contributed by atoms with van der Waals surface area (Å²) in [6, 6.07) is 16.0. The standard InChI is InChI=1S/C16H9Cl2F/c17-14-7-5-10(9-15(14)18)11-6-8-16(19)13-4-2-1-3-12(11)13/h1-9H. The first-order valence-corrected chi connectivity index (χ1v) is 6.55. The summed E-state index contributed by atoms with van der Waals surface area (Å²) in [7, 11) is 0. The molecule has 3 aromatic rings. The van der Waals surface area contributed by atoms with Crippen molar-refractivity contribution in [2.24, 2.45) is 0 Å². The van der Waals surface area contributed by atoms with Crippen LogP contribution in [-0.2, 0) is 0 Å². The second kappa shape index (κ2) is 4.84. The van der Waals surface area contributed by atoms with Crippen LogP contribution in [0.3, 0.4) is 0 Å². The zero-order valence-electron chi connectivity index (χ0n) is 9.83. The number of rotatable bonds is 1. The van der Waals surface area contributed by atoms with Crippen molar-refractivity contribution in [1.82, 2.24) is 0 Å². The lowest BCUT2D eigenvalue weighted by Crippen LogP contribution is -1.85. The van der Waals surface area contributed by atoms with Crippen LogP contribution in [-0.4, -0.2) is 0 Å². The van der Waals surface area contributed by atoms with Crippen molar-refractivity contribution in [3.8, 4) is 11.1 Å². The summed E-state index contributed by atoms with van der Waals surface area (Å²) in [5, 5.41) is 2.47. The van der Waals surface area contributed by atoms with E-state index in [-0.39, 0.29) is 5.82 Å². The van der Waals surface area contributed by atoms with Crippen molar-refractivity contribution in [2.75, 3.05) is 0 Å². The van der Waals surface area contributed by atoms with Gasteiger partial charge in [0.25, 0.3) is 0 Å². The summed E-state index contributed by atoms with van der Waals surface area (Å²) in [5.74, 6) is -0.223.